The van der Waals surface area contributed by atoms with Crippen LogP contribution in [-0.4, -0.2) is 22.9 Å². The van der Waals surface area contributed by atoms with Gasteiger partial charge in [-0.15, -0.1) is 0 Å². The molecule has 15 heavy (non-hydrogen) atoms. The summed E-state index contributed by atoms with van der Waals surface area (Å²) in [5.41, 5.74) is -1.77. The lowest BCUT2D eigenvalue weighted by Crippen LogP contribution is -2.13. The number of esters is 1. The predicted molar refractivity (Wildman–Crippen MR) is 44.2 cm³/mol. The summed E-state index contributed by atoms with van der Waals surface area (Å²) in [5, 5.41) is 3.26. The van der Waals surface area contributed by atoms with E-state index in [1.165, 1.54) is 0 Å². The smallest absolute Gasteiger partial charge is 0.436 e. The average molecular weight is 222 g/mol. The SMILES string of the molecule is CCn1cc(C(=O)OC)c(C(F)(F)F)n1. The summed E-state index contributed by atoms with van der Waals surface area (Å²) >= 11 is 0. The Kier molecular flexibility index (Phi) is 3.01. The zero-order chi connectivity index (χ0) is 11.6. The first kappa shape index (κ1) is 11.5. The normalized spacial score (nSPS) is 11.5. The molecule has 1 heterocycles. The number of aromatic nitrogens is 2. The average Bonchev–Trinajstić information content (AvgIpc) is 2.59. The Labute approximate surface area is 83.6 Å². The molecule has 0 N–H and O–H groups in total. The summed E-state index contributed by atoms with van der Waals surface area (Å²) < 4.78 is 42.5. The van der Waals surface area contributed by atoms with Crippen LogP contribution in [0.5, 0.6) is 0 Å². The van der Waals surface area contributed by atoms with Gasteiger partial charge in [0, 0.05) is 12.7 Å². The number of carbonyl (C=O) groups excluding carboxylic acids is 1. The van der Waals surface area contributed by atoms with Gasteiger partial charge in [-0.3, -0.25) is 4.68 Å². The Morgan fingerprint density at radius 2 is 2.20 bits per heavy atom. The first-order valence-electron chi connectivity index (χ1n) is 4.13. The number of rotatable bonds is 2. The highest BCUT2D eigenvalue weighted by atomic mass is 19.4. The molecule has 0 fully saturated rings. The third-order valence-electron chi connectivity index (χ3n) is 1.76. The maximum atomic E-state index is 12.4. The van der Waals surface area contributed by atoms with Crippen LogP contribution < -0.4 is 0 Å². The van der Waals surface area contributed by atoms with Crippen molar-refractivity contribution < 1.29 is 22.7 Å². The van der Waals surface area contributed by atoms with Gasteiger partial charge >= 0.3 is 12.1 Å². The first-order valence-corrected chi connectivity index (χ1v) is 4.13. The highest BCUT2D eigenvalue weighted by Crippen LogP contribution is 2.30. The Balaban J connectivity index is 3.24. The van der Waals surface area contributed by atoms with Crippen LogP contribution in [0.4, 0.5) is 13.2 Å². The van der Waals surface area contributed by atoms with Crippen LogP contribution in [0.25, 0.3) is 0 Å². The topological polar surface area (TPSA) is 44.1 Å². The van der Waals surface area contributed by atoms with E-state index in [4.69, 9.17) is 0 Å². The molecule has 0 atom stereocenters. The number of carbonyl (C=O) groups is 1. The number of halogens is 3. The third-order valence-corrected chi connectivity index (χ3v) is 1.76. The van der Waals surface area contributed by atoms with E-state index in [0.29, 0.717) is 0 Å². The van der Waals surface area contributed by atoms with Gasteiger partial charge in [0.25, 0.3) is 0 Å². The molecule has 7 heteroatoms. The monoisotopic (exact) mass is 222 g/mol. The molecule has 1 rings (SSSR count). The molecule has 1 aromatic heterocycles. The maximum Gasteiger partial charge on any atom is 0.436 e. The Bertz CT molecular complexity index is 370. The van der Waals surface area contributed by atoms with Gasteiger partial charge in [0.1, 0.15) is 5.56 Å². The Morgan fingerprint density at radius 1 is 1.60 bits per heavy atom. The van der Waals surface area contributed by atoms with Crippen molar-refractivity contribution in [2.75, 3.05) is 7.11 Å². The van der Waals surface area contributed by atoms with Crippen LogP contribution in [-0.2, 0) is 17.5 Å². The molecule has 84 valence electrons. The van der Waals surface area contributed by atoms with Crippen molar-refractivity contribution in [1.82, 2.24) is 9.78 Å². The minimum absolute atomic E-state index is 0.250. The fraction of sp³-hybridized carbons (Fsp3) is 0.500. The molecule has 0 saturated heterocycles. The highest BCUT2D eigenvalue weighted by Gasteiger charge is 2.39. The minimum atomic E-state index is -4.65. The largest absolute Gasteiger partial charge is 0.465 e. The van der Waals surface area contributed by atoms with Crippen LogP contribution in [0.2, 0.25) is 0 Å². The van der Waals surface area contributed by atoms with E-state index < -0.39 is 23.4 Å². The summed E-state index contributed by atoms with van der Waals surface area (Å²) in [6.45, 7) is 1.87. The lowest BCUT2D eigenvalue weighted by atomic mass is 10.2. The van der Waals surface area contributed by atoms with Gasteiger partial charge in [-0.2, -0.15) is 18.3 Å². The molecule has 1 aromatic rings. The maximum absolute atomic E-state index is 12.4. The molecule has 0 aliphatic heterocycles. The van der Waals surface area contributed by atoms with Crippen molar-refractivity contribution in [3.05, 3.63) is 17.5 Å². The van der Waals surface area contributed by atoms with Gasteiger partial charge < -0.3 is 4.74 Å². The minimum Gasteiger partial charge on any atom is -0.465 e. The molecule has 0 aromatic carbocycles. The fourth-order valence-corrected chi connectivity index (χ4v) is 1.05. The first-order chi connectivity index (χ1) is 6.90. The number of hydrogen-bond acceptors (Lipinski definition) is 3. The molecule has 0 aliphatic rings. The van der Waals surface area contributed by atoms with Gasteiger partial charge in [-0.1, -0.05) is 0 Å². The van der Waals surface area contributed by atoms with Crippen molar-refractivity contribution in [3.63, 3.8) is 0 Å². The van der Waals surface area contributed by atoms with E-state index in [-0.39, 0.29) is 6.54 Å². The summed E-state index contributed by atoms with van der Waals surface area (Å²) in [6, 6.07) is 0. The van der Waals surface area contributed by atoms with E-state index in [0.717, 1.165) is 18.0 Å². The molecular weight excluding hydrogens is 213 g/mol. The number of aryl methyl sites for hydroxylation is 1. The van der Waals surface area contributed by atoms with Crippen molar-refractivity contribution in [1.29, 1.82) is 0 Å². The lowest BCUT2D eigenvalue weighted by Gasteiger charge is -2.03. The second kappa shape index (κ2) is 3.92. The summed E-state index contributed by atoms with van der Waals surface area (Å²) in [7, 11) is 1.02. The Hall–Kier alpha value is -1.53. The fourth-order valence-electron chi connectivity index (χ4n) is 1.05. The quantitative estimate of drug-likeness (QED) is 0.715. The number of hydrogen-bond donors (Lipinski definition) is 0. The molecular formula is C8H9F3N2O2. The highest BCUT2D eigenvalue weighted by molar-refractivity contribution is 5.90. The van der Waals surface area contributed by atoms with Crippen molar-refractivity contribution in [2.24, 2.45) is 0 Å². The third kappa shape index (κ3) is 2.28. The number of methoxy groups -OCH3 is 1. The van der Waals surface area contributed by atoms with Gasteiger partial charge in [-0.05, 0) is 6.92 Å². The van der Waals surface area contributed by atoms with Crippen LogP contribution in [0.1, 0.15) is 23.0 Å². The van der Waals surface area contributed by atoms with E-state index >= 15 is 0 Å². The van der Waals surface area contributed by atoms with Crippen molar-refractivity contribution in [3.8, 4) is 0 Å². The number of nitrogens with zero attached hydrogens (tertiary/aromatic N) is 2. The van der Waals surface area contributed by atoms with Crippen LogP contribution >= 0.6 is 0 Å². The van der Waals surface area contributed by atoms with E-state index in [2.05, 4.69) is 9.84 Å². The molecule has 0 unspecified atom stereocenters. The molecule has 0 aliphatic carbocycles. The second-order valence-corrected chi connectivity index (χ2v) is 2.74. The van der Waals surface area contributed by atoms with Gasteiger partial charge in [0.05, 0.1) is 7.11 Å². The van der Waals surface area contributed by atoms with E-state index in [1.54, 1.807) is 6.92 Å². The molecule has 0 amide bonds. The summed E-state index contributed by atoms with van der Waals surface area (Å²) in [5.74, 6) is -1.04. The van der Waals surface area contributed by atoms with E-state index in [1.807, 2.05) is 0 Å². The van der Waals surface area contributed by atoms with Crippen molar-refractivity contribution in [2.45, 2.75) is 19.6 Å². The van der Waals surface area contributed by atoms with Crippen LogP contribution in [0.3, 0.4) is 0 Å². The van der Waals surface area contributed by atoms with Crippen molar-refractivity contribution >= 4 is 5.97 Å². The number of ether oxygens (including phenoxy) is 1. The number of alkyl halides is 3. The molecule has 0 bridgehead atoms. The molecule has 4 nitrogen and oxygen atoms in total. The second-order valence-electron chi connectivity index (χ2n) is 2.74. The summed E-state index contributed by atoms with van der Waals surface area (Å²) in [4.78, 5) is 11.0. The van der Waals surface area contributed by atoms with Crippen LogP contribution in [0, 0.1) is 0 Å². The van der Waals surface area contributed by atoms with Gasteiger partial charge in [-0.25, -0.2) is 4.79 Å². The Morgan fingerprint density at radius 3 is 2.60 bits per heavy atom. The summed E-state index contributed by atoms with van der Waals surface area (Å²) in [6.07, 6.45) is -3.63. The molecule has 0 radical (unpaired) electrons. The van der Waals surface area contributed by atoms with Gasteiger partial charge in [0.15, 0.2) is 5.69 Å². The zero-order valence-corrected chi connectivity index (χ0v) is 8.13. The molecule has 0 saturated carbocycles. The van der Waals surface area contributed by atoms with Gasteiger partial charge in [0.2, 0.25) is 0 Å². The predicted octanol–water partition coefficient (Wildman–Crippen LogP) is 1.71. The lowest BCUT2D eigenvalue weighted by molar-refractivity contribution is -0.142. The van der Waals surface area contributed by atoms with Crippen LogP contribution in [0.15, 0.2) is 6.20 Å². The molecule has 0 spiro atoms. The standard InChI is InChI=1S/C8H9F3N2O2/c1-3-13-4-5(7(14)15-2)6(12-13)8(9,10)11/h4H,3H2,1-2H3. The zero-order valence-electron chi connectivity index (χ0n) is 8.13. The van der Waals surface area contributed by atoms with E-state index in [9.17, 15) is 18.0 Å².